The molecular weight excluding hydrogens is 270 g/mol. The van der Waals surface area contributed by atoms with Crippen LogP contribution in [0.25, 0.3) is 0 Å². The van der Waals surface area contributed by atoms with Crippen molar-refractivity contribution in [3.05, 3.63) is 28.2 Å². The van der Waals surface area contributed by atoms with Crippen molar-refractivity contribution in [1.29, 1.82) is 0 Å². The Balaban J connectivity index is 2.90. The van der Waals surface area contributed by atoms with Crippen molar-refractivity contribution in [3.8, 4) is 0 Å². The number of halogens is 1. The molecule has 0 aliphatic rings. The summed E-state index contributed by atoms with van der Waals surface area (Å²) < 4.78 is 1.03. The summed E-state index contributed by atoms with van der Waals surface area (Å²) in [4.78, 5) is 0. The van der Waals surface area contributed by atoms with Gasteiger partial charge in [-0.3, -0.25) is 0 Å². The van der Waals surface area contributed by atoms with Crippen LogP contribution in [0.4, 0.5) is 5.69 Å². The maximum Gasteiger partial charge on any atom is 0.161 e. The molecule has 0 aromatic heterocycles. The Morgan fingerprint density at radius 3 is 2.88 bits per heavy atom. The molecule has 0 fully saturated rings. The Kier molecular flexibility index (Phi) is 4.61. The van der Waals surface area contributed by atoms with Gasteiger partial charge in [-0.1, -0.05) is 34.1 Å². The number of anilines is 1. The van der Waals surface area contributed by atoms with Crippen LogP contribution in [0.3, 0.4) is 0 Å². The molecule has 0 saturated heterocycles. The number of nitrogens with two attached hydrogens (primary N) is 1. The summed E-state index contributed by atoms with van der Waals surface area (Å²) in [5.41, 5.74) is 7.67. The van der Waals surface area contributed by atoms with E-state index in [0.717, 1.165) is 22.1 Å². The molecule has 88 valence electrons. The molecule has 1 aromatic carbocycles. The van der Waals surface area contributed by atoms with Gasteiger partial charge in [0.25, 0.3) is 0 Å². The molecule has 0 spiro atoms. The molecule has 0 bridgehead atoms. The summed E-state index contributed by atoms with van der Waals surface area (Å²) in [5.74, 6) is 0.196. The molecule has 0 aliphatic carbocycles. The van der Waals surface area contributed by atoms with Gasteiger partial charge in [0.15, 0.2) is 5.84 Å². The summed E-state index contributed by atoms with van der Waals surface area (Å²) in [6, 6.07) is 5.73. The van der Waals surface area contributed by atoms with Crippen LogP contribution in [0.15, 0.2) is 27.8 Å². The Morgan fingerprint density at radius 1 is 1.62 bits per heavy atom. The average molecular weight is 286 g/mol. The summed E-state index contributed by atoms with van der Waals surface area (Å²) in [6.45, 7) is 3.98. The minimum Gasteiger partial charge on any atom is -0.409 e. The van der Waals surface area contributed by atoms with Crippen LogP contribution in [0, 0.1) is 6.92 Å². The molecule has 1 aromatic rings. The van der Waals surface area contributed by atoms with Crippen molar-refractivity contribution < 1.29 is 5.21 Å². The van der Waals surface area contributed by atoms with Crippen LogP contribution < -0.4 is 11.1 Å². The van der Waals surface area contributed by atoms with Crippen molar-refractivity contribution in [2.75, 3.05) is 5.32 Å². The summed E-state index contributed by atoms with van der Waals surface area (Å²) in [7, 11) is 0. The van der Waals surface area contributed by atoms with Gasteiger partial charge in [-0.25, -0.2) is 0 Å². The van der Waals surface area contributed by atoms with E-state index in [-0.39, 0.29) is 11.9 Å². The summed E-state index contributed by atoms with van der Waals surface area (Å²) in [5, 5.41) is 14.9. The van der Waals surface area contributed by atoms with Crippen LogP contribution in [0.2, 0.25) is 0 Å². The van der Waals surface area contributed by atoms with Crippen molar-refractivity contribution in [3.63, 3.8) is 0 Å². The fourth-order valence-corrected chi connectivity index (χ4v) is 1.77. The number of amidine groups is 1. The van der Waals surface area contributed by atoms with E-state index >= 15 is 0 Å². The van der Waals surface area contributed by atoms with Crippen LogP contribution in [0.1, 0.15) is 18.9 Å². The van der Waals surface area contributed by atoms with E-state index < -0.39 is 0 Å². The van der Waals surface area contributed by atoms with Gasteiger partial charge in [0.05, 0.1) is 6.04 Å². The second-order valence-electron chi connectivity index (χ2n) is 3.54. The smallest absolute Gasteiger partial charge is 0.161 e. The van der Waals surface area contributed by atoms with Gasteiger partial charge >= 0.3 is 0 Å². The maximum absolute atomic E-state index is 8.65. The number of nitrogens with zero attached hydrogens (tertiary/aromatic N) is 1. The Labute approximate surface area is 104 Å². The SMILES string of the molecule is CCC(Nc1cccc(Br)c1C)/C(N)=N/O. The fourth-order valence-electron chi connectivity index (χ4n) is 1.41. The van der Waals surface area contributed by atoms with E-state index in [0.29, 0.717) is 0 Å². The molecule has 0 heterocycles. The molecule has 0 aliphatic heterocycles. The van der Waals surface area contributed by atoms with Crippen molar-refractivity contribution in [2.24, 2.45) is 10.9 Å². The lowest BCUT2D eigenvalue weighted by atomic mass is 10.1. The lowest BCUT2D eigenvalue weighted by Crippen LogP contribution is -2.35. The lowest BCUT2D eigenvalue weighted by Gasteiger charge is -2.18. The van der Waals surface area contributed by atoms with Gasteiger partial charge < -0.3 is 16.3 Å². The van der Waals surface area contributed by atoms with E-state index in [1.165, 1.54) is 0 Å². The highest BCUT2D eigenvalue weighted by Gasteiger charge is 2.12. The Morgan fingerprint density at radius 2 is 2.31 bits per heavy atom. The summed E-state index contributed by atoms with van der Waals surface area (Å²) in [6.07, 6.45) is 0.752. The highest BCUT2D eigenvalue weighted by Crippen LogP contribution is 2.24. The zero-order chi connectivity index (χ0) is 12.1. The standard InChI is InChI=1S/C11H16BrN3O/c1-3-9(11(13)15-16)14-10-6-4-5-8(12)7(10)2/h4-6,9,14,16H,3H2,1-2H3,(H2,13,15). The van der Waals surface area contributed by atoms with Crippen LogP contribution in [-0.4, -0.2) is 17.1 Å². The van der Waals surface area contributed by atoms with Gasteiger partial charge in [0.1, 0.15) is 0 Å². The van der Waals surface area contributed by atoms with Crippen molar-refractivity contribution in [2.45, 2.75) is 26.3 Å². The maximum atomic E-state index is 8.65. The monoisotopic (exact) mass is 285 g/mol. The number of hydrogen-bond acceptors (Lipinski definition) is 3. The normalized spacial score (nSPS) is 13.6. The van der Waals surface area contributed by atoms with Crippen LogP contribution >= 0.6 is 15.9 Å². The Hall–Kier alpha value is -1.23. The van der Waals surface area contributed by atoms with E-state index in [1.807, 2.05) is 32.0 Å². The molecule has 1 atom stereocenters. The van der Waals surface area contributed by atoms with E-state index in [1.54, 1.807) is 0 Å². The largest absolute Gasteiger partial charge is 0.409 e. The average Bonchev–Trinajstić information content (AvgIpc) is 2.30. The van der Waals surface area contributed by atoms with Gasteiger partial charge in [-0.2, -0.15) is 0 Å². The van der Waals surface area contributed by atoms with Gasteiger partial charge in [0, 0.05) is 10.2 Å². The molecule has 1 unspecified atom stereocenters. The molecule has 4 nitrogen and oxygen atoms in total. The topological polar surface area (TPSA) is 70.6 Å². The van der Waals surface area contributed by atoms with Crippen molar-refractivity contribution >= 4 is 27.5 Å². The van der Waals surface area contributed by atoms with Gasteiger partial charge in [0.2, 0.25) is 0 Å². The minimum absolute atomic E-state index is 0.155. The van der Waals surface area contributed by atoms with Crippen molar-refractivity contribution in [1.82, 2.24) is 0 Å². The van der Waals surface area contributed by atoms with Gasteiger partial charge in [-0.15, -0.1) is 0 Å². The quantitative estimate of drug-likeness (QED) is 0.345. The second kappa shape index (κ2) is 5.75. The minimum atomic E-state index is -0.155. The Bertz CT molecular complexity index is 393. The molecular formula is C11H16BrN3O. The second-order valence-corrected chi connectivity index (χ2v) is 4.40. The first-order valence-corrected chi connectivity index (χ1v) is 5.88. The molecule has 0 saturated carbocycles. The number of benzene rings is 1. The van der Waals surface area contributed by atoms with E-state index in [4.69, 9.17) is 10.9 Å². The predicted octanol–water partition coefficient (Wildman–Crippen LogP) is 2.69. The highest BCUT2D eigenvalue weighted by molar-refractivity contribution is 9.10. The zero-order valence-electron chi connectivity index (χ0n) is 9.37. The lowest BCUT2D eigenvalue weighted by molar-refractivity contribution is 0.316. The first-order chi connectivity index (χ1) is 7.60. The summed E-state index contributed by atoms with van der Waals surface area (Å²) >= 11 is 3.46. The molecule has 0 radical (unpaired) electrons. The predicted molar refractivity (Wildman–Crippen MR) is 70.0 cm³/mol. The number of nitrogens with one attached hydrogen (secondary N) is 1. The molecule has 1 rings (SSSR count). The zero-order valence-corrected chi connectivity index (χ0v) is 11.0. The van der Waals surface area contributed by atoms with E-state index in [9.17, 15) is 0 Å². The molecule has 0 amide bonds. The van der Waals surface area contributed by atoms with Crippen LogP contribution in [0.5, 0.6) is 0 Å². The third-order valence-corrected chi connectivity index (χ3v) is 3.34. The van der Waals surface area contributed by atoms with E-state index in [2.05, 4.69) is 26.4 Å². The first kappa shape index (κ1) is 12.8. The first-order valence-electron chi connectivity index (χ1n) is 5.09. The number of oxime groups is 1. The molecule has 5 heteroatoms. The highest BCUT2D eigenvalue weighted by atomic mass is 79.9. The third kappa shape index (κ3) is 2.88. The fraction of sp³-hybridized carbons (Fsp3) is 0.364. The molecule has 4 N–H and O–H groups in total. The van der Waals surface area contributed by atoms with Crippen LogP contribution in [-0.2, 0) is 0 Å². The number of hydrogen-bond donors (Lipinski definition) is 3. The van der Waals surface area contributed by atoms with Gasteiger partial charge in [-0.05, 0) is 31.0 Å². The molecule has 16 heavy (non-hydrogen) atoms. The number of rotatable bonds is 4. The third-order valence-electron chi connectivity index (χ3n) is 2.48.